The molecule has 4 heterocycles. The van der Waals surface area contributed by atoms with Gasteiger partial charge in [-0.1, -0.05) is 18.2 Å². The van der Waals surface area contributed by atoms with Crippen LogP contribution in [0.15, 0.2) is 53.1 Å². The van der Waals surface area contributed by atoms with Crippen molar-refractivity contribution in [3.8, 4) is 11.5 Å². The minimum atomic E-state index is -2.89. The molecule has 226 valence electrons. The van der Waals surface area contributed by atoms with E-state index in [-0.39, 0.29) is 18.5 Å². The van der Waals surface area contributed by atoms with Crippen LogP contribution in [0.3, 0.4) is 0 Å². The van der Waals surface area contributed by atoms with Crippen LogP contribution in [0.1, 0.15) is 64.6 Å². The third-order valence-electron chi connectivity index (χ3n) is 7.10. The molecule has 1 saturated heterocycles. The van der Waals surface area contributed by atoms with Gasteiger partial charge in [0.25, 0.3) is 11.8 Å². The lowest BCUT2D eigenvalue weighted by Crippen LogP contribution is -2.44. The molecule has 43 heavy (non-hydrogen) atoms. The van der Waals surface area contributed by atoms with E-state index in [1.807, 2.05) is 45.0 Å². The van der Waals surface area contributed by atoms with Crippen molar-refractivity contribution in [3.05, 3.63) is 65.8 Å². The van der Waals surface area contributed by atoms with Crippen molar-refractivity contribution in [2.75, 3.05) is 18.0 Å². The summed E-state index contributed by atoms with van der Waals surface area (Å²) in [4.78, 5) is 48.0. The molecule has 4 amide bonds. The lowest BCUT2D eigenvalue weighted by atomic mass is 9.97. The molecule has 11 nitrogen and oxygen atoms in total. The van der Waals surface area contributed by atoms with Crippen LogP contribution < -0.4 is 4.90 Å². The zero-order chi connectivity index (χ0) is 31.1. The number of hydrogen-bond acceptors (Lipinski definition) is 8. The van der Waals surface area contributed by atoms with Crippen molar-refractivity contribution in [2.45, 2.75) is 65.1 Å². The van der Waals surface area contributed by atoms with Gasteiger partial charge in [0.2, 0.25) is 5.89 Å². The minimum absolute atomic E-state index is 0.0880. The highest BCUT2D eigenvalue weighted by Gasteiger charge is 2.52. The van der Waals surface area contributed by atoms with Crippen molar-refractivity contribution >= 4 is 29.3 Å². The summed E-state index contributed by atoms with van der Waals surface area (Å²) in [6.45, 7) is 9.67. The third-order valence-corrected chi connectivity index (χ3v) is 7.10. The summed E-state index contributed by atoms with van der Waals surface area (Å²) in [6, 6.07) is 10.0. The van der Waals surface area contributed by atoms with Gasteiger partial charge in [0.15, 0.2) is 0 Å². The molecular weight excluding hydrogens is 562 g/mol. The average molecular weight is 595 g/mol. The van der Waals surface area contributed by atoms with Gasteiger partial charge >= 0.3 is 18.5 Å². The van der Waals surface area contributed by atoms with Crippen LogP contribution in [0, 0.1) is 0 Å². The number of aromatic nitrogens is 3. The molecule has 0 radical (unpaired) electrons. The molecule has 0 unspecified atom stereocenters. The third kappa shape index (κ3) is 6.11. The number of benzene rings is 1. The van der Waals surface area contributed by atoms with Crippen LogP contribution in [-0.4, -0.2) is 67.2 Å². The van der Waals surface area contributed by atoms with Crippen LogP contribution in [0.5, 0.6) is 0 Å². The normalized spacial score (nSPS) is 17.1. The number of rotatable bonds is 6. The number of hydrogen-bond donors (Lipinski definition) is 0. The topological polar surface area (TPSA) is 122 Å². The predicted molar refractivity (Wildman–Crippen MR) is 152 cm³/mol. The molecule has 0 atom stereocenters. The Labute approximate surface area is 247 Å². The maximum Gasteiger partial charge on any atom is 0.410 e. The molecule has 2 aliphatic heterocycles. The molecule has 3 aromatic rings. The monoisotopic (exact) mass is 594 g/mol. The number of imide groups is 1. The van der Waals surface area contributed by atoms with Crippen LogP contribution in [0.4, 0.5) is 24.1 Å². The first-order valence-electron chi connectivity index (χ1n) is 13.7. The summed E-state index contributed by atoms with van der Waals surface area (Å²) in [5, 5.41) is 6.91. The number of carbonyl (C=O) groups excluding carboxylic acids is 3. The van der Waals surface area contributed by atoms with E-state index in [9.17, 15) is 23.2 Å². The summed E-state index contributed by atoms with van der Waals surface area (Å²) in [6.07, 6.45) is 0.691. The predicted octanol–water partition coefficient (Wildman–Crippen LogP) is 5.84. The van der Waals surface area contributed by atoms with Crippen molar-refractivity contribution in [1.82, 2.24) is 25.0 Å². The Balaban J connectivity index is 1.31. The van der Waals surface area contributed by atoms with Crippen LogP contribution in [0.25, 0.3) is 17.0 Å². The van der Waals surface area contributed by atoms with Crippen LogP contribution in [-0.2, 0) is 16.1 Å². The summed E-state index contributed by atoms with van der Waals surface area (Å²) < 4.78 is 36.0. The molecule has 13 heteroatoms. The van der Waals surface area contributed by atoms with Gasteiger partial charge < -0.3 is 14.1 Å². The van der Waals surface area contributed by atoms with E-state index in [4.69, 9.17) is 9.15 Å². The van der Waals surface area contributed by atoms with Gasteiger partial charge in [0.1, 0.15) is 11.1 Å². The molecule has 2 aromatic heterocycles. The molecule has 0 bridgehead atoms. The highest BCUT2D eigenvalue weighted by Crippen LogP contribution is 2.36. The Morgan fingerprint density at radius 1 is 1.12 bits per heavy atom. The second-order valence-electron chi connectivity index (χ2n) is 11.8. The fraction of sp³-hybridized carbons (Fsp3) is 0.400. The van der Waals surface area contributed by atoms with Crippen molar-refractivity contribution in [1.29, 1.82) is 0 Å². The second-order valence-corrected chi connectivity index (χ2v) is 11.8. The zero-order valence-corrected chi connectivity index (χ0v) is 24.5. The van der Waals surface area contributed by atoms with E-state index in [1.165, 1.54) is 11.1 Å². The molecule has 0 N–H and O–H groups in total. The number of ether oxygens (including phenoxy) is 1. The molecule has 0 saturated carbocycles. The Hall–Kier alpha value is -4.68. The van der Waals surface area contributed by atoms with Crippen LogP contribution in [0.2, 0.25) is 0 Å². The fourth-order valence-corrected chi connectivity index (χ4v) is 4.96. The van der Waals surface area contributed by atoms with E-state index >= 15 is 0 Å². The van der Waals surface area contributed by atoms with Gasteiger partial charge in [-0.25, -0.2) is 9.59 Å². The number of halogens is 2. The highest BCUT2D eigenvalue weighted by molar-refractivity contribution is 6.16. The number of urea groups is 1. The smallest absolute Gasteiger partial charge is 0.410 e. The molecule has 1 fully saturated rings. The second kappa shape index (κ2) is 11.2. The quantitative estimate of drug-likeness (QED) is 0.326. The highest BCUT2D eigenvalue weighted by atomic mass is 19.3. The van der Waals surface area contributed by atoms with Crippen molar-refractivity contribution in [2.24, 2.45) is 0 Å². The van der Waals surface area contributed by atoms with Gasteiger partial charge in [0.05, 0.1) is 17.8 Å². The number of carbonyl (C=O) groups is 3. The van der Waals surface area contributed by atoms with Gasteiger partial charge in [-0.3, -0.25) is 19.6 Å². The Bertz CT molecular complexity index is 1580. The van der Waals surface area contributed by atoms with E-state index in [1.54, 1.807) is 36.9 Å². The summed E-state index contributed by atoms with van der Waals surface area (Å²) in [5.74, 6) is -1.29. The van der Waals surface area contributed by atoms with Crippen molar-refractivity contribution < 1.29 is 32.3 Å². The minimum Gasteiger partial charge on any atom is -0.444 e. The number of anilines is 1. The number of alkyl halides is 2. The molecule has 5 rings (SSSR count). The van der Waals surface area contributed by atoms with E-state index in [2.05, 4.69) is 15.2 Å². The first-order chi connectivity index (χ1) is 20.2. The number of amides is 4. The molecule has 1 aromatic carbocycles. The first kappa shape index (κ1) is 29.8. The zero-order valence-electron chi connectivity index (χ0n) is 24.5. The van der Waals surface area contributed by atoms with E-state index in [0.717, 1.165) is 16.0 Å². The molecular formula is C30H32F2N6O5. The summed E-state index contributed by atoms with van der Waals surface area (Å²) in [7, 11) is 0. The first-order valence-corrected chi connectivity index (χ1v) is 13.7. The van der Waals surface area contributed by atoms with Crippen LogP contribution >= 0.6 is 0 Å². The average Bonchev–Trinajstić information content (AvgIpc) is 3.51. The van der Waals surface area contributed by atoms with Gasteiger partial charge in [0, 0.05) is 25.0 Å². The maximum absolute atomic E-state index is 13.6. The summed E-state index contributed by atoms with van der Waals surface area (Å²) >= 11 is 0. The molecule has 0 aliphatic carbocycles. The molecule has 0 spiro atoms. The number of pyridine rings is 1. The summed E-state index contributed by atoms with van der Waals surface area (Å²) in [5.41, 5.74) is 1.48. The maximum atomic E-state index is 13.6. The molecule has 2 aliphatic rings. The standard InChI is InChI=1S/C30H32F2N6O5/c1-29(2,3)43-28(41)36-13-11-18(12-14-36)19-7-6-8-22(15-19)38-27(40)37(26(39)30(38,4)5)17-21-10-9-20(16-33-21)24-34-35-25(42-24)23(31)32/h6-11,15-16,23H,12-14,17H2,1-5H3. The lowest BCUT2D eigenvalue weighted by Gasteiger charge is -2.30. The van der Waals surface area contributed by atoms with Gasteiger partial charge in [-0.05, 0) is 76.4 Å². The Morgan fingerprint density at radius 2 is 1.88 bits per heavy atom. The van der Waals surface area contributed by atoms with Crippen molar-refractivity contribution in [3.63, 3.8) is 0 Å². The Kier molecular flexibility index (Phi) is 7.76. The van der Waals surface area contributed by atoms with E-state index in [0.29, 0.717) is 36.5 Å². The largest absolute Gasteiger partial charge is 0.444 e. The fourth-order valence-electron chi connectivity index (χ4n) is 4.96. The van der Waals surface area contributed by atoms with Gasteiger partial charge in [-0.2, -0.15) is 8.78 Å². The lowest BCUT2D eigenvalue weighted by molar-refractivity contribution is -0.130. The van der Waals surface area contributed by atoms with E-state index < -0.39 is 35.4 Å². The SMILES string of the molecule is CC(C)(C)OC(=O)N1CC=C(c2cccc(N3C(=O)N(Cc4ccc(-c5nnc(C(F)F)o5)cn4)C(=O)C3(C)C)c2)CC1. The Morgan fingerprint density at radius 3 is 2.49 bits per heavy atom. The number of nitrogens with zero attached hydrogens (tertiary/aromatic N) is 6. The van der Waals surface area contributed by atoms with Gasteiger partial charge in [-0.15, -0.1) is 10.2 Å².